The second kappa shape index (κ2) is 7.57. The highest BCUT2D eigenvalue weighted by Crippen LogP contribution is 2.33. The molecule has 0 atom stereocenters. The van der Waals surface area contributed by atoms with Crippen LogP contribution in [0.4, 0.5) is 18.9 Å². The minimum atomic E-state index is -4.45. The van der Waals surface area contributed by atoms with E-state index in [1.54, 1.807) is 18.5 Å². The molecule has 2 aromatic carbocycles. The van der Waals surface area contributed by atoms with Gasteiger partial charge in [0.1, 0.15) is 0 Å². The molecule has 0 saturated carbocycles. The van der Waals surface area contributed by atoms with Crippen molar-refractivity contribution in [2.24, 2.45) is 0 Å². The Kier molecular flexibility index (Phi) is 5.22. The van der Waals surface area contributed by atoms with Gasteiger partial charge in [0, 0.05) is 18.9 Å². The quantitative estimate of drug-likeness (QED) is 0.663. The third kappa shape index (κ3) is 4.40. The topological polar surface area (TPSA) is 41.9 Å². The minimum Gasteiger partial charge on any atom is -0.358 e. The standard InChI is InChI=1S/C18H15F3N4S/c19-18(20,21)14-7-8-16(25-10-4-9-23-25)15(11-14)24-17(26)22-12-13-5-2-1-3-6-13/h1-11H,12H2,(H2,22,24,26). The summed E-state index contributed by atoms with van der Waals surface area (Å²) >= 11 is 5.23. The van der Waals surface area contributed by atoms with Crippen LogP contribution in [0.15, 0.2) is 67.0 Å². The van der Waals surface area contributed by atoms with Crippen molar-refractivity contribution < 1.29 is 13.2 Å². The molecule has 3 rings (SSSR count). The molecule has 0 amide bonds. The molecule has 134 valence electrons. The SMILES string of the molecule is FC(F)(F)c1ccc(-n2cccn2)c(NC(=S)NCc2ccccc2)c1. The van der Waals surface area contributed by atoms with Crippen LogP contribution in [0.3, 0.4) is 0 Å². The van der Waals surface area contributed by atoms with E-state index in [1.807, 2.05) is 30.3 Å². The number of thiocarbonyl (C=S) groups is 1. The molecule has 0 aliphatic carbocycles. The second-order valence-electron chi connectivity index (χ2n) is 5.47. The predicted molar refractivity (Wildman–Crippen MR) is 98.1 cm³/mol. The normalized spacial score (nSPS) is 11.2. The van der Waals surface area contributed by atoms with E-state index in [2.05, 4.69) is 15.7 Å². The van der Waals surface area contributed by atoms with Crippen molar-refractivity contribution in [1.82, 2.24) is 15.1 Å². The number of alkyl halides is 3. The summed E-state index contributed by atoms with van der Waals surface area (Å²) in [6.07, 6.45) is -1.25. The van der Waals surface area contributed by atoms with Crippen molar-refractivity contribution in [1.29, 1.82) is 0 Å². The third-order valence-electron chi connectivity index (χ3n) is 3.62. The fourth-order valence-corrected chi connectivity index (χ4v) is 2.55. The first-order valence-electron chi connectivity index (χ1n) is 7.73. The number of nitrogens with zero attached hydrogens (tertiary/aromatic N) is 2. The summed E-state index contributed by atoms with van der Waals surface area (Å²) in [6, 6.07) is 14.6. The number of anilines is 1. The number of benzene rings is 2. The number of hydrogen-bond donors (Lipinski definition) is 2. The van der Waals surface area contributed by atoms with Crippen molar-refractivity contribution >= 4 is 23.0 Å². The molecule has 0 aliphatic rings. The third-order valence-corrected chi connectivity index (χ3v) is 3.87. The molecule has 0 saturated heterocycles. The molecule has 0 fully saturated rings. The van der Waals surface area contributed by atoms with Crippen molar-refractivity contribution in [2.45, 2.75) is 12.7 Å². The van der Waals surface area contributed by atoms with Gasteiger partial charge in [0.2, 0.25) is 0 Å². The Bertz CT molecular complexity index is 877. The lowest BCUT2D eigenvalue weighted by Gasteiger charge is -2.16. The van der Waals surface area contributed by atoms with Crippen LogP contribution in [0.2, 0.25) is 0 Å². The number of nitrogens with one attached hydrogen (secondary N) is 2. The van der Waals surface area contributed by atoms with Crippen LogP contribution in [0, 0.1) is 0 Å². The zero-order chi connectivity index (χ0) is 18.6. The van der Waals surface area contributed by atoms with Crippen molar-refractivity contribution in [3.63, 3.8) is 0 Å². The van der Waals surface area contributed by atoms with E-state index in [-0.39, 0.29) is 10.8 Å². The largest absolute Gasteiger partial charge is 0.416 e. The first-order valence-corrected chi connectivity index (χ1v) is 8.14. The Morgan fingerprint density at radius 2 is 1.85 bits per heavy atom. The van der Waals surface area contributed by atoms with E-state index < -0.39 is 11.7 Å². The monoisotopic (exact) mass is 376 g/mol. The highest BCUT2D eigenvalue weighted by atomic mass is 32.1. The molecule has 2 N–H and O–H groups in total. The van der Waals surface area contributed by atoms with Gasteiger partial charge in [-0.1, -0.05) is 30.3 Å². The number of aromatic nitrogens is 2. The highest BCUT2D eigenvalue weighted by Gasteiger charge is 2.31. The van der Waals surface area contributed by atoms with Crippen LogP contribution in [0.25, 0.3) is 5.69 Å². The minimum absolute atomic E-state index is 0.217. The molecule has 1 aromatic heterocycles. The van der Waals surface area contributed by atoms with Crippen LogP contribution < -0.4 is 10.6 Å². The Balaban J connectivity index is 1.81. The van der Waals surface area contributed by atoms with Crippen molar-refractivity contribution in [3.8, 4) is 5.69 Å². The van der Waals surface area contributed by atoms with Crippen LogP contribution in [-0.2, 0) is 12.7 Å². The predicted octanol–water partition coefficient (Wildman–Crippen LogP) is 4.38. The van der Waals surface area contributed by atoms with Gasteiger partial charge in [-0.3, -0.25) is 0 Å². The van der Waals surface area contributed by atoms with E-state index in [0.29, 0.717) is 12.2 Å². The number of halogens is 3. The lowest BCUT2D eigenvalue weighted by atomic mass is 10.1. The second-order valence-corrected chi connectivity index (χ2v) is 5.88. The fraction of sp³-hybridized carbons (Fsp3) is 0.111. The molecule has 4 nitrogen and oxygen atoms in total. The van der Waals surface area contributed by atoms with E-state index >= 15 is 0 Å². The van der Waals surface area contributed by atoms with Crippen molar-refractivity contribution in [2.75, 3.05) is 5.32 Å². The van der Waals surface area contributed by atoms with Gasteiger partial charge in [-0.25, -0.2) is 4.68 Å². The Hall–Kier alpha value is -2.87. The van der Waals surface area contributed by atoms with Gasteiger partial charge in [0.15, 0.2) is 5.11 Å². The van der Waals surface area contributed by atoms with E-state index in [1.165, 1.54) is 10.7 Å². The Morgan fingerprint density at radius 1 is 1.08 bits per heavy atom. The molecule has 3 aromatic rings. The van der Waals surface area contributed by atoms with Gasteiger partial charge in [-0.15, -0.1) is 0 Å². The maximum Gasteiger partial charge on any atom is 0.416 e. The average Bonchev–Trinajstić information content (AvgIpc) is 3.14. The van der Waals surface area contributed by atoms with Gasteiger partial charge >= 0.3 is 6.18 Å². The summed E-state index contributed by atoms with van der Waals surface area (Å²) in [5.74, 6) is 0. The first kappa shape index (κ1) is 17.9. The van der Waals surface area contributed by atoms with Gasteiger partial charge in [0.05, 0.1) is 16.9 Å². The molecule has 0 aliphatic heterocycles. The molecule has 0 bridgehead atoms. The maximum atomic E-state index is 13.1. The summed E-state index contributed by atoms with van der Waals surface area (Å²) in [6.45, 7) is 0.461. The molecule has 8 heteroatoms. The summed E-state index contributed by atoms with van der Waals surface area (Å²) < 4.78 is 40.6. The molecule has 0 spiro atoms. The Labute approximate surface area is 153 Å². The summed E-state index contributed by atoms with van der Waals surface area (Å²) in [5.41, 5.74) is 0.927. The van der Waals surface area contributed by atoms with Gasteiger partial charge in [-0.05, 0) is 42.0 Å². The van der Waals surface area contributed by atoms with E-state index in [4.69, 9.17) is 12.2 Å². The molecular weight excluding hydrogens is 361 g/mol. The van der Waals surface area contributed by atoms with Crippen LogP contribution in [0.5, 0.6) is 0 Å². The van der Waals surface area contributed by atoms with Crippen LogP contribution >= 0.6 is 12.2 Å². The first-order chi connectivity index (χ1) is 12.4. The van der Waals surface area contributed by atoms with Crippen molar-refractivity contribution in [3.05, 3.63) is 78.1 Å². The lowest BCUT2D eigenvalue weighted by molar-refractivity contribution is -0.137. The van der Waals surface area contributed by atoms with Gasteiger partial charge in [0.25, 0.3) is 0 Å². The van der Waals surface area contributed by atoms with E-state index in [9.17, 15) is 13.2 Å². The maximum absolute atomic E-state index is 13.1. The molecule has 26 heavy (non-hydrogen) atoms. The van der Waals surface area contributed by atoms with Crippen LogP contribution in [-0.4, -0.2) is 14.9 Å². The number of hydrogen-bond acceptors (Lipinski definition) is 2. The zero-order valence-electron chi connectivity index (χ0n) is 13.5. The number of rotatable bonds is 4. The molecule has 0 unspecified atom stereocenters. The lowest BCUT2D eigenvalue weighted by Crippen LogP contribution is -2.28. The van der Waals surface area contributed by atoms with Gasteiger partial charge < -0.3 is 10.6 Å². The summed E-state index contributed by atoms with van der Waals surface area (Å²) in [5, 5.41) is 10.1. The molecule has 0 radical (unpaired) electrons. The summed E-state index contributed by atoms with van der Waals surface area (Å²) in [7, 11) is 0. The highest BCUT2D eigenvalue weighted by molar-refractivity contribution is 7.80. The Morgan fingerprint density at radius 3 is 2.50 bits per heavy atom. The van der Waals surface area contributed by atoms with E-state index in [0.717, 1.165) is 17.7 Å². The average molecular weight is 376 g/mol. The fourth-order valence-electron chi connectivity index (χ4n) is 2.37. The summed E-state index contributed by atoms with van der Waals surface area (Å²) in [4.78, 5) is 0. The smallest absolute Gasteiger partial charge is 0.358 e. The van der Waals surface area contributed by atoms with Gasteiger partial charge in [-0.2, -0.15) is 18.3 Å². The molecular formula is C18H15F3N4S. The van der Waals surface area contributed by atoms with Crippen LogP contribution in [0.1, 0.15) is 11.1 Å². The molecule has 1 heterocycles. The zero-order valence-corrected chi connectivity index (χ0v) is 14.3.